The summed E-state index contributed by atoms with van der Waals surface area (Å²) in [5.41, 5.74) is 2.95. The zero-order valence-electron chi connectivity index (χ0n) is 10.2. The van der Waals surface area contributed by atoms with Crippen molar-refractivity contribution >= 4 is 25.4 Å². The van der Waals surface area contributed by atoms with Crippen LogP contribution in [-0.4, -0.2) is 39.7 Å². The number of benzene rings is 1. The number of hydrogen-bond donors (Lipinski definition) is 0. The Morgan fingerprint density at radius 2 is 2.39 bits per heavy atom. The van der Waals surface area contributed by atoms with Crippen molar-refractivity contribution in [2.75, 3.05) is 19.8 Å². The van der Waals surface area contributed by atoms with Crippen LogP contribution in [0.4, 0.5) is 0 Å². The number of ether oxygens (including phenoxy) is 1. The fourth-order valence-electron chi connectivity index (χ4n) is 1.46. The number of hydrogen-bond acceptors (Lipinski definition) is 5. The van der Waals surface area contributed by atoms with Crippen molar-refractivity contribution in [1.29, 1.82) is 0 Å². The van der Waals surface area contributed by atoms with Crippen LogP contribution in [0.1, 0.15) is 18.1 Å². The van der Waals surface area contributed by atoms with E-state index in [0.717, 1.165) is 16.6 Å². The molecule has 0 unspecified atom stereocenters. The number of nitrogens with zero attached hydrogens (tertiary/aromatic N) is 2. The first kappa shape index (κ1) is 12.6. The molecule has 0 bridgehead atoms. The van der Waals surface area contributed by atoms with E-state index in [-0.39, 0.29) is 0 Å². The van der Waals surface area contributed by atoms with Gasteiger partial charge in [0.15, 0.2) is 0 Å². The van der Waals surface area contributed by atoms with Gasteiger partial charge in [-0.2, -0.15) is 0 Å². The maximum absolute atomic E-state index is 5.13. The zero-order valence-corrected chi connectivity index (χ0v) is 10.2. The van der Waals surface area contributed by atoms with Crippen molar-refractivity contribution in [3.63, 3.8) is 0 Å². The summed E-state index contributed by atoms with van der Waals surface area (Å²) in [5.74, 6) is 0. The molecule has 6 heteroatoms. The second-order valence-electron chi connectivity index (χ2n) is 3.61. The van der Waals surface area contributed by atoms with Crippen molar-refractivity contribution in [2.45, 2.75) is 6.92 Å². The SMILES string of the molecule is CCOCCO/N=C/c1ccc2c(c1)C=NO[B]2. The van der Waals surface area contributed by atoms with Gasteiger partial charge in [-0.25, -0.2) is 0 Å². The molecule has 0 saturated carbocycles. The molecule has 0 saturated heterocycles. The Balaban J connectivity index is 1.86. The van der Waals surface area contributed by atoms with Crippen molar-refractivity contribution in [2.24, 2.45) is 10.3 Å². The third-order valence-corrected chi connectivity index (χ3v) is 2.34. The molecule has 0 amide bonds. The van der Waals surface area contributed by atoms with Crippen molar-refractivity contribution in [3.8, 4) is 0 Å². The van der Waals surface area contributed by atoms with E-state index in [4.69, 9.17) is 14.3 Å². The summed E-state index contributed by atoms with van der Waals surface area (Å²) in [6.45, 7) is 3.64. The highest BCUT2D eigenvalue weighted by Gasteiger charge is 2.09. The molecule has 1 aromatic rings. The smallest absolute Gasteiger partial charge is 0.449 e. The van der Waals surface area contributed by atoms with Crippen LogP contribution >= 0.6 is 0 Å². The maximum atomic E-state index is 5.13. The summed E-state index contributed by atoms with van der Waals surface area (Å²) < 4.78 is 9.97. The Morgan fingerprint density at radius 1 is 1.44 bits per heavy atom. The van der Waals surface area contributed by atoms with E-state index in [9.17, 15) is 0 Å². The van der Waals surface area contributed by atoms with Gasteiger partial charge < -0.3 is 14.3 Å². The molecule has 0 spiro atoms. The van der Waals surface area contributed by atoms with E-state index in [1.165, 1.54) is 0 Å². The second kappa shape index (κ2) is 6.81. The standard InChI is InChI=1S/C12H14BN2O3/c1-2-16-5-6-17-14-8-10-3-4-12-11(7-10)9-15-18-13-12/h3-4,7-9H,2,5-6H2,1H3/b14-8+. The summed E-state index contributed by atoms with van der Waals surface area (Å²) in [7, 11) is 1.61. The molecule has 0 fully saturated rings. The molecule has 2 rings (SSSR count). The van der Waals surface area contributed by atoms with Gasteiger partial charge in [0.1, 0.15) is 6.61 Å². The van der Waals surface area contributed by atoms with Crippen LogP contribution in [0.5, 0.6) is 0 Å². The van der Waals surface area contributed by atoms with Gasteiger partial charge in [-0.1, -0.05) is 17.3 Å². The predicted molar refractivity (Wildman–Crippen MR) is 70.5 cm³/mol. The van der Waals surface area contributed by atoms with Crippen LogP contribution in [0.2, 0.25) is 0 Å². The van der Waals surface area contributed by atoms with Crippen molar-refractivity contribution in [1.82, 2.24) is 0 Å². The van der Waals surface area contributed by atoms with Gasteiger partial charge in [-0.3, -0.25) is 0 Å². The molecular formula is C12H14BN2O3. The first-order valence-electron chi connectivity index (χ1n) is 5.79. The fourth-order valence-corrected chi connectivity index (χ4v) is 1.46. The fraction of sp³-hybridized carbons (Fsp3) is 0.333. The number of rotatable bonds is 6. The van der Waals surface area contributed by atoms with Crippen LogP contribution < -0.4 is 5.46 Å². The molecule has 5 nitrogen and oxygen atoms in total. The highest BCUT2D eigenvalue weighted by Crippen LogP contribution is 2.02. The van der Waals surface area contributed by atoms with Gasteiger partial charge >= 0.3 is 7.48 Å². The minimum Gasteiger partial charge on any atom is -0.468 e. The first-order chi connectivity index (χ1) is 8.90. The summed E-state index contributed by atoms with van der Waals surface area (Å²) in [4.78, 5) is 5.06. The number of fused-ring (bicyclic) bond motifs is 1. The Morgan fingerprint density at radius 3 is 3.28 bits per heavy atom. The lowest BCUT2D eigenvalue weighted by Crippen LogP contribution is -2.24. The van der Waals surface area contributed by atoms with Crippen molar-refractivity contribution in [3.05, 3.63) is 29.3 Å². The maximum Gasteiger partial charge on any atom is 0.449 e. The van der Waals surface area contributed by atoms with E-state index >= 15 is 0 Å². The summed E-state index contributed by atoms with van der Waals surface area (Å²) >= 11 is 0. The topological polar surface area (TPSA) is 52.4 Å². The quantitative estimate of drug-likeness (QED) is 0.320. The molecule has 0 aliphatic carbocycles. The third-order valence-electron chi connectivity index (χ3n) is 2.34. The van der Waals surface area contributed by atoms with Crippen LogP contribution in [0.15, 0.2) is 28.5 Å². The monoisotopic (exact) mass is 245 g/mol. The average Bonchev–Trinajstić information content (AvgIpc) is 2.42. The minimum atomic E-state index is 0.457. The average molecular weight is 245 g/mol. The Labute approximate surface area is 107 Å². The second-order valence-corrected chi connectivity index (χ2v) is 3.61. The van der Waals surface area contributed by atoms with Crippen molar-refractivity contribution < 1.29 is 14.3 Å². The zero-order chi connectivity index (χ0) is 12.6. The Kier molecular flexibility index (Phi) is 4.78. The number of oxime groups is 2. The highest BCUT2D eigenvalue weighted by molar-refractivity contribution is 6.49. The largest absolute Gasteiger partial charge is 0.468 e. The van der Waals surface area contributed by atoms with Gasteiger partial charge in [0, 0.05) is 6.61 Å². The highest BCUT2D eigenvalue weighted by atomic mass is 16.6. The van der Waals surface area contributed by atoms with Crippen LogP contribution in [0, 0.1) is 0 Å². The summed E-state index contributed by atoms with van der Waals surface area (Å²) in [6, 6.07) is 5.85. The van der Waals surface area contributed by atoms with Gasteiger partial charge in [-0.05, 0) is 29.6 Å². The summed E-state index contributed by atoms with van der Waals surface area (Å²) in [6.07, 6.45) is 3.33. The Bertz CT molecular complexity index is 449. The molecule has 93 valence electrons. The molecule has 0 N–H and O–H groups in total. The van der Waals surface area contributed by atoms with Gasteiger partial charge in [0.2, 0.25) is 0 Å². The van der Waals surface area contributed by atoms with E-state index in [1.54, 1.807) is 19.9 Å². The lowest BCUT2D eigenvalue weighted by molar-refractivity contribution is 0.0568. The van der Waals surface area contributed by atoms with Crippen LogP contribution in [0.25, 0.3) is 0 Å². The third kappa shape index (κ3) is 3.60. The molecule has 1 heterocycles. The lowest BCUT2D eigenvalue weighted by atomic mass is 9.83. The lowest BCUT2D eigenvalue weighted by Gasteiger charge is -2.08. The van der Waals surface area contributed by atoms with Crippen LogP contribution in [0.3, 0.4) is 0 Å². The molecule has 18 heavy (non-hydrogen) atoms. The van der Waals surface area contributed by atoms with Gasteiger partial charge in [-0.15, -0.1) is 5.16 Å². The van der Waals surface area contributed by atoms with E-state index in [2.05, 4.69) is 10.3 Å². The Hall–Kier alpha value is -1.82. The van der Waals surface area contributed by atoms with Gasteiger partial charge in [0.05, 0.1) is 19.0 Å². The molecular weight excluding hydrogens is 231 g/mol. The van der Waals surface area contributed by atoms with E-state index < -0.39 is 0 Å². The molecule has 0 atom stereocenters. The van der Waals surface area contributed by atoms with E-state index in [0.29, 0.717) is 19.8 Å². The van der Waals surface area contributed by atoms with Crippen LogP contribution in [-0.2, 0) is 14.3 Å². The summed E-state index contributed by atoms with van der Waals surface area (Å²) in [5, 5.41) is 7.59. The molecule has 1 aliphatic heterocycles. The van der Waals surface area contributed by atoms with E-state index in [1.807, 2.05) is 25.1 Å². The predicted octanol–water partition coefficient (Wildman–Crippen LogP) is 0.682. The molecule has 1 radical (unpaired) electrons. The minimum absolute atomic E-state index is 0.457. The van der Waals surface area contributed by atoms with Gasteiger partial charge in [0.25, 0.3) is 0 Å². The molecule has 0 aromatic heterocycles. The normalized spacial score (nSPS) is 12.9. The molecule has 1 aliphatic rings. The molecule has 1 aromatic carbocycles. The first-order valence-corrected chi connectivity index (χ1v) is 5.79.